The third-order valence-electron chi connectivity index (χ3n) is 4.67. The minimum Gasteiger partial charge on any atom is -0.336 e. The van der Waals surface area contributed by atoms with E-state index >= 15 is 0 Å². The molecule has 2 aromatic heterocycles. The first-order valence-electron chi connectivity index (χ1n) is 7.99. The number of rotatable bonds is 2. The molecule has 0 N–H and O–H groups in total. The zero-order valence-corrected chi connectivity index (χ0v) is 13.9. The average molecular weight is 325 g/mol. The van der Waals surface area contributed by atoms with Gasteiger partial charge in [-0.25, -0.2) is 4.98 Å². The van der Waals surface area contributed by atoms with E-state index in [-0.39, 0.29) is 5.91 Å². The lowest BCUT2D eigenvalue weighted by Crippen LogP contribution is -2.40. The normalized spacial score (nSPS) is 18.5. The highest BCUT2D eigenvalue weighted by Crippen LogP contribution is 2.32. The Balaban J connectivity index is 1.61. The minimum atomic E-state index is 0.175. The summed E-state index contributed by atoms with van der Waals surface area (Å²) in [6.45, 7) is 3.67. The van der Waals surface area contributed by atoms with Crippen molar-refractivity contribution in [1.82, 2.24) is 14.5 Å². The van der Waals surface area contributed by atoms with Gasteiger partial charge in [0.1, 0.15) is 0 Å². The van der Waals surface area contributed by atoms with E-state index in [0.717, 1.165) is 36.4 Å². The maximum Gasteiger partial charge on any atom is 0.264 e. The third-order valence-corrected chi connectivity index (χ3v) is 5.93. The third kappa shape index (κ3) is 2.55. The molecule has 0 bridgehead atoms. The number of thiophene rings is 1. The molecule has 3 heterocycles. The number of nitrogens with zero attached hydrogens (tertiary/aromatic N) is 3. The Labute approximate surface area is 139 Å². The van der Waals surface area contributed by atoms with Crippen LogP contribution in [0.15, 0.2) is 43.0 Å². The molecule has 0 unspecified atom stereocenters. The number of carbonyl (C=O) groups excluding carboxylic acids is 1. The van der Waals surface area contributed by atoms with Gasteiger partial charge in [0.05, 0.1) is 17.2 Å². The molecule has 23 heavy (non-hydrogen) atoms. The maximum absolute atomic E-state index is 13.0. The average Bonchev–Trinajstić information content (AvgIpc) is 3.23. The smallest absolute Gasteiger partial charge is 0.264 e. The highest BCUT2D eigenvalue weighted by Gasteiger charge is 2.27. The van der Waals surface area contributed by atoms with Crippen molar-refractivity contribution in [3.63, 3.8) is 0 Å². The molecule has 1 amide bonds. The molecule has 4 rings (SSSR count). The molecule has 1 fully saturated rings. The number of carbonyl (C=O) groups is 1. The van der Waals surface area contributed by atoms with Gasteiger partial charge in [0.2, 0.25) is 0 Å². The Kier molecular flexibility index (Phi) is 3.65. The van der Waals surface area contributed by atoms with Crippen LogP contribution in [-0.4, -0.2) is 33.4 Å². The molecular weight excluding hydrogens is 306 g/mol. The number of hydrogen-bond acceptors (Lipinski definition) is 3. The van der Waals surface area contributed by atoms with Gasteiger partial charge >= 0.3 is 0 Å². The number of benzene rings is 1. The molecule has 0 spiro atoms. The Hall–Kier alpha value is -2.14. The molecule has 118 valence electrons. The molecule has 0 aliphatic carbocycles. The van der Waals surface area contributed by atoms with E-state index in [1.54, 1.807) is 17.5 Å². The van der Waals surface area contributed by atoms with E-state index in [1.165, 1.54) is 10.1 Å². The molecule has 0 saturated carbocycles. The highest BCUT2D eigenvalue weighted by atomic mass is 32.1. The summed E-state index contributed by atoms with van der Waals surface area (Å²) < 4.78 is 3.31. The van der Waals surface area contributed by atoms with Gasteiger partial charge < -0.3 is 9.47 Å². The number of hydrogen-bond donors (Lipinski definition) is 0. The molecule has 1 aliphatic rings. The lowest BCUT2D eigenvalue weighted by Gasteiger charge is -2.33. The van der Waals surface area contributed by atoms with Crippen LogP contribution >= 0.6 is 11.3 Å². The molecule has 5 heteroatoms. The molecule has 1 saturated heterocycles. The second kappa shape index (κ2) is 5.81. The fourth-order valence-corrected chi connectivity index (χ4v) is 4.57. The van der Waals surface area contributed by atoms with Crippen molar-refractivity contribution in [2.45, 2.75) is 25.8 Å². The van der Waals surface area contributed by atoms with Gasteiger partial charge in [-0.15, -0.1) is 11.3 Å². The van der Waals surface area contributed by atoms with Gasteiger partial charge in [0, 0.05) is 30.2 Å². The van der Waals surface area contributed by atoms with Crippen LogP contribution in [0.1, 0.15) is 34.1 Å². The molecule has 1 atom stereocenters. The zero-order chi connectivity index (χ0) is 15.8. The second-order valence-electron chi connectivity index (χ2n) is 6.11. The number of amides is 1. The summed E-state index contributed by atoms with van der Waals surface area (Å²) in [5.41, 5.74) is 1.11. The van der Waals surface area contributed by atoms with Crippen LogP contribution in [0.5, 0.6) is 0 Å². The first kappa shape index (κ1) is 14.5. The number of aromatic nitrogens is 2. The van der Waals surface area contributed by atoms with Crippen molar-refractivity contribution in [2.75, 3.05) is 13.1 Å². The van der Waals surface area contributed by atoms with Gasteiger partial charge in [-0.1, -0.05) is 18.2 Å². The number of imidazole rings is 1. The summed E-state index contributed by atoms with van der Waals surface area (Å²) in [5.74, 6) is 0.175. The van der Waals surface area contributed by atoms with E-state index in [2.05, 4.69) is 28.6 Å². The van der Waals surface area contributed by atoms with Gasteiger partial charge in [0.25, 0.3) is 5.91 Å². The predicted octanol–water partition coefficient (Wildman–Crippen LogP) is 3.88. The molecule has 1 aliphatic heterocycles. The summed E-state index contributed by atoms with van der Waals surface area (Å²) >= 11 is 1.61. The molecule has 4 nitrogen and oxygen atoms in total. The minimum absolute atomic E-state index is 0.175. The monoisotopic (exact) mass is 325 g/mol. The van der Waals surface area contributed by atoms with Crippen LogP contribution in [0.4, 0.5) is 0 Å². The summed E-state index contributed by atoms with van der Waals surface area (Å²) in [6.07, 6.45) is 7.79. The number of likely N-dealkylation sites (tertiary alicyclic amines) is 1. The SMILES string of the molecule is Cc1c(C(=O)N2CCC[C@@H](n3ccnc3)C2)sc2ccccc12. The fourth-order valence-electron chi connectivity index (χ4n) is 3.39. The van der Waals surface area contributed by atoms with E-state index in [0.29, 0.717) is 6.04 Å². The van der Waals surface area contributed by atoms with Gasteiger partial charge in [-0.2, -0.15) is 0 Å². The summed E-state index contributed by atoms with van der Waals surface area (Å²) in [5, 5.41) is 1.20. The molecule has 3 aromatic rings. The number of aryl methyl sites for hydroxylation is 1. The Morgan fingerprint density at radius 1 is 1.35 bits per heavy atom. The lowest BCUT2D eigenvalue weighted by molar-refractivity contribution is 0.0684. The first-order valence-corrected chi connectivity index (χ1v) is 8.80. The summed E-state index contributed by atoms with van der Waals surface area (Å²) in [4.78, 5) is 20.0. The van der Waals surface area contributed by atoms with Gasteiger partial charge in [-0.3, -0.25) is 4.79 Å². The second-order valence-corrected chi connectivity index (χ2v) is 7.16. The van der Waals surface area contributed by atoms with Crippen molar-refractivity contribution >= 4 is 27.3 Å². The van der Waals surface area contributed by atoms with Crippen LogP contribution in [-0.2, 0) is 0 Å². The topological polar surface area (TPSA) is 38.1 Å². The van der Waals surface area contributed by atoms with Crippen LogP contribution in [0.25, 0.3) is 10.1 Å². The van der Waals surface area contributed by atoms with E-state index in [9.17, 15) is 4.79 Å². The van der Waals surface area contributed by atoms with Crippen LogP contribution in [0.3, 0.4) is 0 Å². The van der Waals surface area contributed by atoms with Crippen LogP contribution in [0.2, 0.25) is 0 Å². The number of fused-ring (bicyclic) bond motifs is 1. The van der Waals surface area contributed by atoms with Crippen molar-refractivity contribution < 1.29 is 4.79 Å². The Morgan fingerprint density at radius 2 is 2.22 bits per heavy atom. The molecular formula is C18H19N3OS. The predicted molar refractivity (Wildman–Crippen MR) is 93.0 cm³/mol. The van der Waals surface area contributed by atoms with Crippen molar-refractivity contribution in [2.24, 2.45) is 0 Å². The van der Waals surface area contributed by atoms with E-state index in [4.69, 9.17) is 0 Å². The van der Waals surface area contributed by atoms with Gasteiger partial charge in [0.15, 0.2) is 0 Å². The molecule has 0 radical (unpaired) electrons. The van der Waals surface area contributed by atoms with Crippen LogP contribution in [0, 0.1) is 6.92 Å². The Morgan fingerprint density at radius 3 is 3.00 bits per heavy atom. The standard InChI is InChI=1S/C18H19N3OS/c1-13-15-6-2-3-7-16(15)23-17(13)18(22)20-9-4-5-14(11-20)21-10-8-19-12-21/h2-3,6-8,10,12,14H,4-5,9,11H2,1H3/t14-/m1/s1. The van der Waals surface area contributed by atoms with Crippen molar-refractivity contribution in [3.05, 3.63) is 53.4 Å². The lowest BCUT2D eigenvalue weighted by atomic mass is 10.0. The van der Waals surface area contributed by atoms with E-state index in [1.807, 2.05) is 29.6 Å². The van der Waals surface area contributed by atoms with Crippen molar-refractivity contribution in [3.8, 4) is 0 Å². The fraction of sp³-hybridized carbons (Fsp3) is 0.333. The highest BCUT2D eigenvalue weighted by molar-refractivity contribution is 7.21. The number of piperidine rings is 1. The summed E-state index contributed by atoms with van der Waals surface area (Å²) in [6, 6.07) is 8.59. The van der Waals surface area contributed by atoms with E-state index < -0.39 is 0 Å². The quantitative estimate of drug-likeness (QED) is 0.717. The largest absolute Gasteiger partial charge is 0.336 e. The summed E-state index contributed by atoms with van der Waals surface area (Å²) in [7, 11) is 0. The van der Waals surface area contributed by atoms with Crippen molar-refractivity contribution in [1.29, 1.82) is 0 Å². The zero-order valence-electron chi connectivity index (χ0n) is 13.1. The van der Waals surface area contributed by atoms with Crippen LogP contribution < -0.4 is 0 Å². The van der Waals surface area contributed by atoms with Gasteiger partial charge in [-0.05, 0) is 36.8 Å². The Bertz CT molecular complexity index is 837. The molecule has 1 aromatic carbocycles. The first-order chi connectivity index (χ1) is 11.2. The maximum atomic E-state index is 13.0.